The van der Waals surface area contributed by atoms with Gasteiger partial charge < -0.3 is 19.7 Å². The second kappa shape index (κ2) is 18.7. The third-order valence-corrected chi connectivity index (χ3v) is 6.57. The Labute approximate surface area is 215 Å². The lowest BCUT2D eigenvalue weighted by Crippen LogP contribution is -2.14. The van der Waals surface area contributed by atoms with Crippen LogP contribution in [0.15, 0.2) is 48.6 Å². The molecule has 7 heteroatoms. The van der Waals surface area contributed by atoms with Crippen LogP contribution in [0.2, 0.25) is 0 Å². The molecule has 1 aliphatic carbocycles. The van der Waals surface area contributed by atoms with E-state index in [1.54, 1.807) is 6.92 Å². The van der Waals surface area contributed by atoms with Crippen LogP contribution in [-0.2, 0) is 19.1 Å². The van der Waals surface area contributed by atoms with Gasteiger partial charge in [0, 0.05) is 0 Å². The zero-order valence-electron chi connectivity index (χ0n) is 21.6. The molecule has 1 saturated carbocycles. The van der Waals surface area contributed by atoms with E-state index in [1.807, 2.05) is 0 Å². The minimum absolute atomic E-state index is 0.0320. The van der Waals surface area contributed by atoms with Crippen molar-refractivity contribution in [3.63, 3.8) is 0 Å². The Morgan fingerprint density at radius 2 is 1.69 bits per heavy atom. The maximum Gasteiger partial charge on any atom is 0.335 e. The summed E-state index contributed by atoms with van der Waals surface area (Å²) >= 11 is 0. The van der Waals surface area contributed by atoms with Crippen LogP contribution in [0.3, 0.4) is 0 Å². The monoisotopic (exact) mass is 506 g/mol. The smallest absolute Gasteiger partial charge is 0.335 e. The molecule has 1 atom stereocenters. The van der Waals surface area contributed by atoms with Crippen molar-refractivity contribution >= 4 is 12.4 Å². The van der Waals surface area contributed by atoms with Gasteiger partial charge in [-0.3, -0.25) is 9.18 Å². The third kappa shape index (κ3) is 12.5. The van der Waals surface area contributed by atoms with Gasteiger partial charge in [-0.25, -0.2) is 4.79 Å². The highest BCUT2D eigenvalue weighted by molar-refractivity contribution is 5.87. The van der Waals surface area contributed by atoms with Crippen LogP contribution in [0.5, 0.6) is 0 Å². The van der Waals surface area contributed by atoms with Crippen molar-refractivity contribution in [3.8, 4) is 0 Å². The third-order valence-electron chi connectivity index (χ3n) is 6.57. The van der Waals surface area contributed by atoms with Crippen molar-refractivity contribution in [1.82, 2.24) is 0 Å². The number of alkyl halides is 1. The SMILES string of the molecule is C=C(C)CO.C=C(CO)C(=O)OCCC(CCOC=O)c1ccc(C2CCC(CCCF)CC2)cc1. The summed E-state index contributed by atoms with van der Waals surface area (Å²) in [4.78, 5) is 22.2. The molecule has 0 aromatic heterocycles. The number of hydrogen-bond acceptors (Lipinski definition) is 6. The molecule has 0 spiro atoms. The van der Waals surface area contributed by atoms with Crippen molar-refractivity contribution in [1.29, 1.82) is 0 Å². The van der Waals surface area contributed by atoms with E-state index in [1.165, 1.54) is 18.4 Å². The second-order valence-electron chi connectivity index (χ2n) is 9.47. The molecule has 6 nitrogen and oxygen atoms in total. The van der Waals surface area contributed by atoms with E-state index in [0.29, 0.717) is 44.2 Å². The largest absolute Gasteiger partial charge is 0.468 e. The molecule has 0 aliphatic heterocycles. The molecule has 202 valence electrons. The quantitative estimate of drug-likeness (QED) is 0.109. The second-order valence-corrected chi connectivity index (χ2v) is 9.47. The predicted molar refractivity (Wildman–Crippen MR) is 139 cm³/mol. The number of ether oxygens (including phenoxy) is 2. The van der Waals surface area contributed by atoms with Gasteiger partial charge in [-0.15, -0.1) is 0 Å². The predicted octanol–water partition coefficient (Wildman–Crippen LogP) is 5.39. The average Bonchev–Trinajstić information content (AvgIpc) is 2.91. The van der Waals surface area contributed by atoms with Crippen LogP contribution in [-0.4, -0.2) is 55.8 Å². The van der Waals surface area contributed by atoms with Gasteiger partial charge in [-0.1, -0.05) is 43.0 Å². The summed E-state index contributed by atoms with van der Waals surface area (Å²) in [5.74, 6) is 0.708. The lowest BCUT2D eigenvalue weighted by molar-refractivity contribution is -0.139. The number of benzene rings is 1. The number of carbonyl (C=O) groups excluding carboxylic acids is 2. The molecule has 2 rings (SSSR count). The fourth-order valence-electron chi connectivity index (χ4n) is 4.39. The minimum atomic E-state index is -0.595. The zero-order chi connectivity index (χ0) is 26.8. The van der Waals surface area contributed by atoms with Gasteiger partial charge in [0.2, 0.25) is 0 Å². The molecule has 1 aliphatic rings. The lowest BCUT2D eigenvalue weighted by Gasteiger charge is -2.29. The van der Waals surface area contributed by atoms with Gasteiger partial charge in [0.1, 0.15) is 0 Å². The number of rotatable bonds is 15. The van der Waals surface area contributed by atoms with E-state index < -0.39 is 12.6 Å². The molecule has 1 aromatic rings. The summed E-state index contributed by atoms with van der Waals surface area (Å²) < 4.78 is 22.4. The number of halogens is 1. The van der Waals surface area contributed by atoms with Crippen molar-refractivity contribution in [2.75, 3.05) is 33.1 Å². The summed E-state index contributed by atoms with van der Waals surface area (Å²) in [7, 11) is 0. The van der Waals surface area contributed by atoms with Gasteiger partial charge in [-0.05, 0) is 87.2 Å². The van der Waals surface area contributed by atoms with E-state index >= 15 is 0 Å². The number of aliphatic hydroxyl groups excluding tert-OH is 2. The van der Waals surface area contributed by atoms with Crippen molar-refractivity contribution in [2.24, 2.45) is 5.92 Å². The van der Waals surface area contributed by atoms with Crippen LogP contribution in [0.4, 0.5) is 4.39 Å². The summed E-state index contributed by atoms with van der Waals surface area (Å²) in [5.41, 5.74) is 3.29. The van der Waals surface area contributed by atoms with Gasteiger partial charge >= 0.3 is 5.97 Å². The fourth-order valence-corrected chi connectivity index (χ4v) is 4.39. The summed E-state index contributed by atoms with van der Waals surface area (Å²) in [6, 6.07) is 8.58. The molecule has 0 saturated heterocycles. The molecule has 0 amide bonds. The van der Waals surface area contributed by atoms with Crippen molar-refractivity contribution < 1.29 is 33.7 Å². The van der Waals surface area contributed by atoms with Crippen LogP contribution in [0, 0.1) is 5.92 Å². The lowest BCUT2D eigenvalue weighted by atomic mass is 9.77. The van der Waals surface area contributed by atoms with E-state index in [0.717, 1.165) is 30.4 Å². The normalized spacial score (nSPS) is 17.8. The molecule has 0 heterocycles. The number of aliphatic hydroxyl groups is 2. The minimum Gasteiger partial charge on any atom is -0.468 e. The number of esters is 1. The molecular weight excluding hydrogens is 463 g/mol. The van der Waals surface area contributed by atoms with E-state index in [9.17, 15) is 14.0 Å². The summed E-state index contributed by atoms with van der Waals surface area (Å²) in [6.07, 6.45) is 7.55. The maximum absolute atomic E-state index is 12.4. The van der Waals surface area contributed by atoms with Crippen LogP contribution in [0.25, 0.3) is 0 Å². The van der Waals surface area contributed by atoms with Gasteiger partial charge in [0.15, 0.2) is 0 Å². The van der Waals surface area contributed by atoms with E-state index in [-0.39, 0.29) is 31.4 Å². The van der Waals surface area contributed by atoms with Crippen LogP contribution >= 0.6 is 0 Å². The Kier molecular flexibility index (Phi) is 16.4. The fraction of sp³-hybridized carbons (Fsp3) is 0.586. The average molecular weight is 507 g/mol. The Morgan fingerprint density at radius 1 is 1.08 bits per heavy atom. The molecule has 36 heavy (non-hydrogen) atoms. The van der Waals surface area contributed by atoms with E-state index in [2.05, 4.69) is 37.4 Å². The topological polar surface area (TPSA) is 93.1 Å². The highest BCUT2D eigenvalue weighted by atomic mass is 19.1. The van der Waals surface area contributed by atoms with Crippen LogP contribution < -0.4 is 0 Å². The Hall–Kier alpha value is -2.51. The Morgan fingerprint density at radius 3 is 2.22 bits per heavy atom. The van der Waals surface area contributed by atoms with Gasteiger partial charge in [0.25, 0.3) is 6.47 Å². The molecule has 0 radical (unpaired) electrons. The molecule has 2 N–H and O–H groups in total. The standard InChI is InChI=1S/C25H35FO5.C4H8O/c1-19(17-27)25(29)31-16-13-24(12-15-30-18-28)23-10-8-22(9-11-23)21-6-4-20(5-7-21)3-2-14-26;1-4(2)3-5/h8-11,18,20-21,24,27H,1-7,12-17H2;5H,1,3H2,2H3. The first kappa shape index (κ1) is 31.5. The van der Waals surface area contributed by atoms with Crippen molar-refractivity contribution in [2.45, 2.75) is 70.1 Å². The highest BCUT2D eigenvalue weighted by Gasteiger charge is 2.22. The highest BCUT2D eigenvalue weighted by Crippen LogP contribution is 2.38. The summed E-state index contributed by atoms with van der Waals surface area (Å²) in [6.45, 7) is 9.09. The Bertz CT molecular complexity index is 783. The molecule has 0 bridgehead atoms. The van der Waals surface area contributed by atoms with E-state index in [4.69, 9.17) is 19.7 Å². The van der Waals surface area contributed by atoms with Gasteiger partial charge in [0.05, 0.1) is 38.7 Å². The molecule has 1 aromatic carbocycles. The maximum atomic E-state index is 12.4. The Balaban J connectivity index is 0.00000118. The molecule has 1 unspecified atom stereocenters. The number of carbonyl (C=O) groups is 2. The van der Waals surface area contributed by atoms with Crippen molar-refractivity contribution in [3.05, 3.63) is 59.7 Å². The molecular formula is C29H43FO6. The van der Waals surface area contributed by atoms with Crippen LogP contribution in [0.1, 0.15) is 81.3 Å². The first-order chi connectivity index (χ1) is 17.4. The first-order valence-electron chi connectivity index (χ1n) is 12.8. The summed E-state index contributed by atoms with van der Waals surface area (Å²) in [5, 5.41) is 17.0. The zero-order valence-corrected chi connectivity index (χ0v) is 21.6. The first-order valence-corrected chi connectivity index (χ1v) is 12.8. The number of hydrogen-bond donors (Lipinski definition) is 2. The van der Waals surface area contributed by atoms with Gasteiger partial charge in [-0.2, -0.15) is 0 Å². The molecule has 1 fully saturated rings.